The zero-order chi connectivity index (χ0) is 18.7. The number of nitrogens with one attached hydrogen (secondary N) is 1. The minimum Gasteiger partial charge on any atom is -0.307 e. The lowest BCUT2D eigenvalue weighted by Crippen LogP contribution is -2.31. The van der Waals surface area contributed by atoms with Crippen molar-refractivity contribution >= 4 is 21.7 Å². The van der Waals surface area contributed by atoms with Crippen molar-refractivity contribution in [2.24, 2.45) is 7.05 Å². The first-order valence-electron chi connectivity index (χ1n) is 8.80. The van der Waals surface area contributed by atoms with E-state index in [9.17, 15) is 13.2 Å². The number of hydrogen-bond donors (Lipinski definition) is 1. The first-order valence-corrected chi connectivity index (χ1v) is 10.2. The fourth-order valence-corrected chi connectivity index (χ4v) is 4.64. The van der Waals surface area contributed by atoms with Gasteiger partial charge in [-0.2, -0.15) is 9.40 Å². The molecule has 3 rings (SSSR count). The summed E-state index contributed by atoms with van der Waals surface area (Å²) in [6.07, 6.45) is 3.92. The van der Waals surface area contributed by atoms with Gasteiger partial charge in [-0.05, 0) is 44.0 Å². The van der Waals surface area contributed by atoms with Gasteiger partial charge in [0.2, 0.25) is 10.0 Å². The first-order chi connectivity index (χ1) is 12.4. The average Bonchev–Trinajstić information content (AvgIpc) is 2.83. The lowest BCUT2D eigenvalue weighted by Gasteiger charge is -2.20. The second-order valence-electron chi connectivity index (χ2n) is 6.59. The van der Waals surface area contributed by atoms with Crippen LogP contribution in [-0.4, -0.2) is 41.5 Å². The number of sulfonamides is 1. The molecule has 7 nitrogen and oxygen atoms in total. The number of anilines is 1. The maximum atomic E-state index is 12.8. The highest BCUT2D eigenvalue weighted by Crippen LogP contribution is 2.21. The van der Waals surface area contributed by atoms with Crippen LogP contribution < -0.4 is 5.32 Å². The van der Waals surface area contributed by atoms with Crippen molar-refractivity contribution in [3.05, 3.63) is 41.6 Å². The minimum absolute atomic E-state index is 0.229. The maximum Gasteiger partial charge on any atom is 0.256 e. The van der Waals surface area contributed by atoms with E-state index in [0.29, 0.717) is 24.5 Å². The summed E-state index contributed by atoms with van der Waals surface area (Å²) in [5, 5.41) is 6.96. The number of hydrogen-bond acceptors (Lipinski definition) is 4. The summed E-state index contributed by atoms with van der Waals surface area (Å²) in [5.74, 6) is 0.292. The highest BCUT2D eigenvalue weighted by molar-refractivity contribution is 7.89. The van der Waals surface area contributed by atoms with Gasteiger partial charge in [0.05, 0.1) is 10.6 Å². The Hall–Kier alpha value is -2.19. The molecule has 8 heteroatoms. The Balaban J connectivity index is 1.75. The third kappa shape index (κ3) is 3.96. The smallest absolute Gasteiger partial charge is 0.256 e. The predicted molar refractivity (Wildman–Crippen MR) is 99.6 cm³/mol. The van der Waals surface area contributed by atoms with Gasteiger partial charge < -0.3 is 5.32 Å². The molecule has 1 aliphatic rings. The lowest BCUT2D eigenvalue weighted by atomic mass is 10.2. The summed E-state index contributed by atoms with van der Waals surface area (Å²) in [7, 11) is -1.75. The van der Waals surface area contributed by atoms with Crippen LogP contribution in [0.5, 0.6) is 0 Å². The molecular weight excluding hydrogens is 352 g/mol. The molecule has 1 fully saturated rings. The van der Waals surface area contributed by atoms with Crippen LogP contribution in [0.25, 0.3) is 0 Å². The van der Waals surface area contributed by atoms with Crippen molar-refractivity contribution in [3.8, 4) is 0 Å². The van der Waals surface area contributed by atoms with Gasteiger partial charge >= 0.3 is 0 Å². The quantitative estimate of drug-likeness (QED) is 0.889. The number of carbonyl (C=O) groups is 1. The van der Waals surface area contributed by atoms with E-state index >= 15 is 0 Å². The van der Waals surface area contributed by atoms with Gasteiger partial charge in [0, 0.05) is 31.8 Å². The van der Waals surface area contributed by atoms with Crippen LogP contribution >= 0.6 is 0 Å². The predicted octanol–water partition coefficient (Wildman–Crippen LogP) is 2.55. The van der Waals surface area contributed by atoms with Crippen molar-refractivity contribution in [2.45, 2.75) is 37.5 Å². The number of aromatic nitrogens is 2. The maximum absolute atomic E-state index is 12.8. The molecule has 1 saturated heterocycles. The van der Waals surface area contributed by atoms with Crippen LogP contribution in [0.15, 0.2) is 35.2 Å². The molecule has 0 saturated carbocycles. The Kier molecular flexibility index (Phi) is 5.43. The molecule has 0 aliphatic carbocycles. The number of amides is 1. The van der Waals surface area contributed by atoms with E-state index in [1.165, 1.54) is 12.1 Å². The second kappa shape index (κ2) is 7.59. The van der Waals surface area contributed by atoms with Gasteiger partial charge in [-0.25, -0.2) is 8.42 Å². The molecule has 0 radical (unpaired) electrons. The summed E-state index contributed by atoms with van der Waals surface area (Å²) in [5.41, 5.74) is 1.21. The topological polar surface area (TPSA) is 84.3 Å². The molecule has 26 heavy (non-hydrogen) atoms. The number of rotatable bonds is 4. The van der Waals surface area contributed by atoms with E-state index in [2.05, 4.69) is 10.4 Å². The van der Waals surface area contributed by atoms with Crippen molar-refractivity contribution in [1.82, 2.24) is 14.1 Å². The van der Waals surface area contributed by atoms with Gasteiger partial charge in [0.1, 0.15) is 5.82 Å². The van der Waals surface area contributed by atoms with Crippen molar-refractivity contribution in [2.75, 3.05) is 18.4 Å². The SMILES string of the molecule is Cc1cc(NC(=O)c2ccc(S(=O)(=O)N3CCCCCC3)cc2)n(C)n1. The molecule has 0 spiro atoms. The molecule has 1 aromatic heterocycles. The van der Waals surface area contributed by atoms with E-state index in [1.54, 1.807) is 34.2 Å². The van der Waals surface area contributed by atoms with Gasteiger partial charge in [-0.1, -0.05) is 12.8 Å². The highest BCUT2D eigenvalue weighted by atomic mass is 32.2. The highest BCUT2D eigenvalue weighted by Gasteiger charge is 2.25. The van der Waals surface area contributed by atoms with Gasteiger partial charge in [-0.15, -0.1) is 0 Å². The van der Waals surface area contributed by atoms with E-state index in [4.69, 9.17) is 0 Å². The summed E-state index contributed by atoms with van der Waals surface area (Å²) in [4.78, 5) is 12.6. The van der Waals surface area contributed by atoms with E-state index in [1.807, 2.05) is 6.92 Å². The number of carbonyl (C=O) groups excluding carboxylic acids is 1. The normalized spacial score (nSPS) is 16.2. The van der Waals surface area contributed by atoms with E-state index in [-0.39, 0.29) is 10.8 Å². The Labute approximate surface area is 154 Å². The standard InChI is InChI=1S/C18H24N4O3S/c1-14-13-17(21(2)20-14)19-18(23)15-7-9-16(10-8-15)26(24,25)22-11-5-3-4-6-12-22/h7-10,13H,3-6,11-12H2,1-2H3,(H,19,23). The summed E-state index contributed by atoms with van der Waals surface area (Å²) < 4.78 is 28.7. The third-order valence-electron chi connectivity index (χ3n) is 4.56. The molecule has 0 bridgehead atoms. The van der Waals surface area contributed by atoms with Gasteiger partial charge in [-0.3, -0.25) is 9.48 Å². The number of aryl methyl sites for hydroxylation is 2. The van der Waals surface area contributed by atoms with Crippen molar-refractivity contribution in [1.29, 1.82) is 0 Å². The van der Waals surface area contributed by atoms with Crippen molar-refractivity contribution < 1.29 is 13.2 Å². The Morgan fingerprint density at radius 3 is 2.23 bits per heavy atom. The summed E-state index contributed by atoms with van der Waals surface area (Å²) >= 11 is 0. The fourth-order valence-electron chi connectivity index (χ4n) is 3.13. The molecule has 1 N–H and O–H groups in total. The Morgan fingerprint density at radius 2 is 1.69 bits per heavy atom. The van der Waals surface area contributed by atoms with Crippen LogP contribution in [-0.2, 0) is 17.1 Å². The van der Waals surface area contributed by atoms with Crippen LogP contribution in [0.2, 0.25) is 0 Å². The Bertz CT molecular complexity index is 880. The molecule has 1 aromatic carbocycles. The van der Waals surface area contributed by atoms with Crippen LogP contribution in [0.4, 0.5) is 5.82 Å². The monoisotopic (exact) mass is 376 g/mol. The van der Waals surface area contributed by atoms with Crippen LogP contribution in [0, 0.1) is 6.92 Å². The van der Waals surface area contributed by atoms with Crippen LogP contribution in [0.3, 0.4) is 0 Å². The second-order valence-corrected chi connectivity index (χ2v) is 8.53. The van der Waals surface area contributed by atoms with E-state index < -0.39 is 10.0 Å². The van der Waals surface area contributed by atoms with E-state index in [0.717, 1.165) is 31.4 Å². The molecule has 1 aliphatic heterocycles. The summed E-state index contributed by atoms with van der Waals surface area (Å²) in [6, 6.07) is 7.87. The van der Waals surface area contributed by atoms with Gasteiger partial charge in [0.15, 0.2) is 0 Å². The molecule has 2 heterocycles. The third-order valence-corrected chi connectivity index (χ3v) is 6.48. The average molecular weight is 376 g/mol. The lowest BCUT2D eigenvalue weighted by molar-refractivity contribution is 0.102. The summed E-state index contributed by atoms with van der Waals surface area (Å²) in [6.45, 7) is 2.97. The zero-order valence-electron chi connectivity index (χ0n) is 15.1. The molecule has 2 aromatic rings. The Morgan fingerprint density at radius 1 is 1.08 bits per heavy atom. The van der Waals surface area contributed by atoms with Crippen LogP contribution in [0.1, 0.15) is 41.7 Å². The molecule has 0 unspecified atom stereocenters. The van der Waals surface area contributed by atoms with Gasteiger partial charge in [0.25, 0.3) is 5.91 Å². The molecule has 140 valence electrons. The van der Waals surface area contributed by atoms with Crippen molar-refractivity contribution in [3.63, 3.8) is 0 Å². The number of nitrogens with zero attached hydrogens (tertiary/aromatic N) is 3. The fraction of sp³-hybridized carbons (Fsp3) is 0.444. The molecular formula is C18H24N4O3S. The zero-order valence-corrected chi connectivity index (χ0v) is 15.9. The molecule has 1 amide bonds. The molecule has 0 atom stereocenters. The minimum atomic E-state index is -3.50. The number of benzene rings is 1. The largest absolute Gasteiger partial charge is 0.307 e. The first kappa shape index (κ1) is 18.6.